The van der Waals surface area contributed by atoms with E-state index >= 15 is 0 Å². The smallest absolute Gasteiger partial charge is 0.374 e. The Hall–Kier alpha value is -0.0951. The van der Waals surface area contributed by atoms with Crippen LogP contribution in [0.4, 0.5) is 0 Å². The molecule has 1 atom stereocenters. The van der Waals surface area contributed by atoms with Crippen molar-refractivity contribution in [3.8, 4) is 0 Å². The molecule has 0 unspecified atom stereocenters. The first kappa shape index (κ1) is 9.00. The number of hydrogen-bond donors (Lipinski definition) is 4. The minimum absolute atomic E-state index is 0.0743. The van der Waals surface area contributed by atoms with Crippen LogP contribution in [-0.2, 0) is 0 Å². The van der Waals surface area contributed by atoms with Gasteiger partial charge in [0.05, 0.1) is 6.61 Å². The average Bonchev–Trinajstić information content (AvgIpc) is 2.36. The summed E-state index contributed by atoms with van der Waals surface area (Å²) in [5, 5.41) is 24.2. The first-order valence-electron chi connectivity index (χ1n) is 3.96. The van der Waals surface area contributed by atoms with Crippen LogP contribution in [0.15, 0.2) is 0 Å². The van der Waals surface area contributed by atoms with Crippen LogP contribution in [0.2, 0.25) is 6.82 Å². The van der Waals surface area contributed by atoms with Gasteiger partial charge in [-0.1, -0.05) is 0 Å². The van der Waals surface area contributed by atoms with Gasteiger partial charge in [-0.25, -0.2) is 0 Å². The molecule has 0 aromatic rings. The monoisotopic (exact) mass is 158 g/mol. The molecule has 0 bridgehead atoms. The van der Waals surface area contributed by atoms with Crippen molar-refractivity contribution in [1.29, 1.82) is 0 Å². The summed E-state index contributed by atoms with van der Waals surface area (Å²) in [4.78, 5) is 0. The third kappa shape index (κ3) is 2.17. The third-order valence-corrected chi connectivity index (χ3v) is 2.06. The van der Waals surface area contributed by atoms with E-state index in [-0.39, 0.29) is 12.1 Å². The normalized spacial score (nSPS) is 30.8. The maximum Gasteiger partial charge on any atom is 0.374 e. The van der Waals surface area contributed by atoms with Gasteiger partial charge >= 0.3 is 7.05 Å². The molecule has 11 heavy (non-hydrogen) atoms. The predicted molar refractivity (Wildman–Crippen MR) is 44.3 cm³/mol. The van der Waals surface area contributed by atoms with E-state index < -0.39 is 7.05 Å². The van der Waals surface area contributed by atoms with Crippen molar-refractivity contribution in [3.63, 3.8) is 0 Å². The molecule has 0 aromatic carbocycles. The molecular formula is C6H15BN2O2. The van der Waals surface area contributed by atoms with Gasteiger partial charge in [-0.3, -0.25) is 0 Å². The number of hydrogen-bond acceptors (Lipinski definition) is 4. The van der Waals surface area contributed by atoms with Crippen LogP contribution < -0.4 is 10.5 Å². The molecule has 1 heterocycles. The van der Waals surface area contributed by atoms with E-state index in [0.29, 0.717) is 0 Å². The SMILES string of the molecule is CB(O)N[C@]1(CO)CCNC1. The zero-order valence-electron chi connectivity index (χ0n) is 6.80. The summed E-state index contributed by atoms with van der Waals surface area (Å²) >= 11 is 0. The summed E-state index contributed by atoms with van der Waals surface area (Å²) in [5.74, 6) is 0. The molecule has 1 fully saturated rings. The average molecular weight is 158 g/mol. The van der Waals surface area contributed by atoms with Gasteiger partial charge in [0.2, 0.25) is 0 Å². The molecule has 1 rings (SSSR count). The van der Waals surface area contributed by atoms with Gasteiger partial charge in [0.1, 0.15) is 0 Å². The highest BCUT2D eigenvalue weighted by atomic mass is 16.3. The van der Waals surface area contributed by atoms with Gasteiger partial charge in [-0.05, 0) is 19.8 Å². The van der Waals surface area contributed by atoms with Crippen LogP contribution in [0, 0.1) is 0 Å². The fourth-order valence-electron chi connectivity index (χ4n) is 1.49. The second-order valence-electron chi connectivity index (χ2n) is 3.19. The Morgan fingerprint density at radius 2 is 2.45 bits per heavy atom. The molecule has 4 nitrogen and oxygen atoms in total. The summed E-state index contributed by atoms with van der Waals surface area (Å²) in [6, 6.07) is 0. The van der Waals surface area contributed by atoms with E-state index in [2.05, 4.69) is 10.5 Å². The maximum absolute atomic E-state index is 9.06. The highest BCUT2D eigenvalue weighted by Crippen LogP contribution is 2.13. The van der Waals surface area contributed by atoms with Gasteiger partial charge in [0.15, 0.2) is 0 Å². The fourth-order valence-corrected chi connectivity index (χ4v) is 1.49. The lowest BCUT2D eigenvalue weighted by atomic mass is 9.82. The lowest BCUT2D eigenvalue weighted by Crippen LogP contribution is -2.55. The van der Waals surface area contributed by atoms with Gasteiger partial charge in [-0.15, -0.1) is 0 Å². The maximum atomic E-state index is 9.06. The Balaban J connectivity index is 2.45. The van der Waals surface area contributed by atoms with E-state index in [1.807, 2.05) is 0 Å². The minimum atomic E-state index is -0.554. The Morgan fingerprint density at radius 3 is 2.82 bits per heavy atom. The van der Waals surface area contributed by atoms with Crippen molar-refractivity contribution in [2.24, 2.45) is 0 Å². The first-order valence-corrected chi connectivity index (χ1v) is 3.96. The number of aliphatic hydroxyl groups is 1. The van der Waals surface area contributed by atoms with Gasteiger partial charge in [0, 0.05) is 12.1 Å². The zero-order chi connectivity index (χ0) is 8.32. The van der Waals surface area contributed by atoms with Crippen molar-refractivity contribution in [2.45, 2.75) is 18.8 Å². The Labute approximate surface area is 67.1 Å². The molecule has 0 amide bonds. The molecular weight excluding hydrogens is 143 g/mol. The van der Waals surface area contributed by atoms with Crippen LogP contribution in [0.3, 0.4) is 0 Å². The quantitative estimate of drug-likeness (QED) is 0.374. The van der Waals surface area contributed by atoms with Gasteiger partial charge in [0.25, 0.3) is 0 Å². The largest absolute Gasteiger partial charge is 0.437 e. The van der Waals surface area contributed by atoms with Crippen molar-refractivity contribution in [1.82, 2.24) is 10.5 Å². The highest BCUT2D eigenvalue weighted by molar-refractivity contribution is 6.45. The van der Waals surface area contributed by atoms with Crippen molar-refractivity contribution in [2.75, 3.05) is 19.7 Å². The first-order chi connectivity index (χ1) is 5.18. The van der Waals surface area contributed by atoms with E-state index in [1.54, 1.807) is 6.82 Å². The lowest BCUT2D eigenvalue weighted by molar-refractivity contribution is 0.190. The molecule has 0 radical (unpaired) electrons. The molecule has 64 valence electrons. The van der Waals surface area contributed by atoms with Crippen LogP contribution >= 0.6 is 0 Å². The fraction of sp³-hybridized carbons (Fsp3) is 1.00. The molecule has 4 N–H and O–H groups in total. The molecule has 0 saturated carbocycles. The van der Waals surface area contributed by atoms with Gasteiger partial charge < -0.3 is 20.7 Å². The lowest BCUT2D eigenvalue weighted by Gasteiger charge is -2.27. The van der Waals surface area contributed by atoms with E-state index in [1.165, 1.54) is 0 Å². The zero-order valence-corrected chi connectivity index (χ0v) is 6.80. The molecule has 1 aliphatic rings. The second-order valence-corrected chi connectivity index (χ2v) is 3.19. The highest BCUT2D eigenvalue weighted by Gasteiger charge is 2.34. The topological polar surface area (TPSA) is 64.5 Å². The van der Waals surface area contributed by atoms with E-state index in [4.69, 9.17) is 10.1 Å². The Kier molecular flexibility index (Phi) is 2.89. The Bertz CT molecular complexity index is 126. The van der Waals surface area contributed by atoms with E-state index in [9.17, 15) is 0 Å². The van der Waals surface area contributed by atoms with E-state index in [0.717, 1.165) is 19.5 Å². The summed E-state index contributed by atoms with van der Waals surface area (Å²) in [6.45, 7) is 3.37. The van der Waals surface area contributed by atoms with Crippen molar-refractivity contribution < 1.29 is 10.1 Å². The number of aliphatic hydroxyl groups excluding tert-OH is 1. The minimum Gasteiger partial charge on any atom is -0.437 e. The summed E-state index contributed by atoms with van der Waals surface area (Å²) in [5.41, 5.74) is -0.297. The molecule has 1 aliphatic heterocycles. The molecule has 0 aliphatic carbocycles. The summed E-state index contributed by atoms with van der Waals surface area (Å²) < 4.78 is 0. The van der Waals surface area contributed by atoms with Gasteiger partial charge in [-0.2, -0.15) is 0 Å². The van der Waals surface area contributed by atoms with Crippen molar-refractivity contribution in [3.05, 3.63) is 0 Å². The number of rotatable bonds is 3. The molecule has 0 spiro atoms. The Morgan fingerprint density at radius 1 is 1.73 bits per heavy atom. The summed E-state index contributed by atoms with van der Waals surface area (Å²) in [7, 11) is -0.554. The van der Waals surface area contributed by atoms with Crippen LogP contribution in [0.1, 0.15) is 6.42 Å². The second kappa shape index (κ2) is 3.54. The third-order valence-electron chi connectivity index (χ3n) is 2.06. The van der Waals surface area contributed by atoms with Crippen LogP contribution in [0.25, 0.3) is 0 Å². The molecule has 5 heteroatoms. The molecule has 0 aromatic heterocycles. The van der Waals surface area contributed by atoms with Crippen molar-refractivity contribution >= 4 is 7.05 Å². The standard InChI is InChI=1S/C6H15BN2O2/c1-7(11)9-6(5-10)2-3-8-4-6/h8-11H,2-5H2,1H3/t6-/m1/s1. The van der Waals surface area contributed by atoms with Crippen LogP contribution in [0.5, 0.6) is 0 Å². The summed E-state index contributed by atoms with van der Waals surface area (Å²) in [6.07, 6.45) is 0.869. The molecule has 1 saturated heterocycles. The number of nitrogens with one attached hydrogen (secondary N) is 2. The predicted octanol–water partition coefficient (Wildman–Crippen LogP) is -1.59. The van der Waals surface area contributed by atoms with Crippen LogP contribution in [-0.4, -0.2) is 42.4 Å².